The smallest absolute Gasteiger partial charge is 0.0870 e. The Bertz CT molecular complexity index is 576. The molecule has 0 saturated heterocycles. The third kappa shape index (κ3) is 3.30. The highest BCUT2D eigenvalue weighted by molar-refractivity contribution is 7.80. The van der Waals surface area contributed by atoms with Gasteiger partial charge in [-0.2, -0.15) is 5.10 Å². The largest absolute Gasteiger partial charge is 0.392 e. The maximum atomic E-state index is 5.66. The summed E-state index contributed by atoms with van der Waals surface area (Å²) >= 11 is 5.01. The van der Waals surface area contributed by atoms with Crippen molar-refractivity contribution >= 4 is 28.1 Å². The Kier molecular flexibility index (Phi) is 4.50. The zero-order chi connectivity index (χ0) is 13.8. The van der Waals surface area contributed by atoms with Gasteiger partial charge in [-0.1, -0.05) is 37.3 Å². The van der Waals surface area contributed by atoms with E-state index in [0.29, 0.717) is 11.5 Å². The molecule has 4 nitrogen and oxygen atoms in total. The fraction of sp³-hybridized carbons (Fsp3) is 0.429. The predicted molar refractivity (Wildman–Crippen MR) is 83.1 cm³/mol. The van der Waals surface area contributed by atoms with Crippen LogP contribution in [0, 0.1) is 0 Å². The van der Waals surface area contributed by atoms with E-state index in [0.717, 1.165) is 30.7 Å². The molecule has 5 heteroatoms. The minimum Gasteiger partial charge on any atom is -0.392 e. The van der Waals surface area contributed by atoms with Crippen molar-refractivity contribution in [3.8, 4) is 0 Å². The molecule has 0 fully saturated rings. The third-order valence-electron chi connectivity index (χ3n) is 3.13. The summed E-state index contributed by atoms with van der Waals surface area (Å²) in [6.07, 6.45) is 1.08. The molecule has 0 atom stereocenters. The molecule has 2 rings (SSSR count). The standard InChI is InChI=1S/C14H20N4S/c1-3-8-18(10-14(15)19)9-12-11-6-4-5-7-13(11)17(2)16-12/h4-7H,3,8-10H2,1-2H3,(H2,15,19). The van der Waals surface area contributed by atoms with E-state index in [1.165, 1.54) is 5.39 Å². The van der Waals surface area contributed by atoms with E-state index in [-0.39, 0.29) is 0 Å². The van der Waals surface area contributed by atoms with Crippen LogP contribution >= 0.6 is 12.2 Å². The summed E-state index contributed by atoms with van der Waals surface area (Å²) < 4.78 is 1.93. The van der Waals surface area contributed by atoms with Crippen LogP contribution in [-0.4, -0.2) is 32.8 Å². The number of aryl methyl sites for hydroxylation is 1. The zero-order valence-electron chi connectivity index (χ0n) is 11.5. The maximum Gasteiger partial charge on any atom is 0.0870 e. The van der Waals surface area contributed by atoms with Crippen LogP contribution in [0.15, 0.2) is 24.3 Å². The van der Waals surface area contributed by atoms with Crippen molar-refractivity contribution in [3.63, 3.8) is 0 Å². The third-order valence-corrected chi connectivity index (χ3v) is 3.26. The SMILES string of the molecule is CCCN(CC(N)=S)Cc1nn(C)c2ccccc12. The molecule has 0 radical (unpaired) electrons. The van der Waals surface area contributed by atoms with Gasteiger partial charge in [0, 0.05) is 25.5 Å². The van der Waals surface area contributed by atoms with Crippen LogP contribution < -0.4 is 5.73 Å². The Balaban J connectivity index is 2.25. The number of nitrogens with zero attached hydrogens (tertiary/aromatic N) is 3. The quantitative estimate of drug-likeness (QED) is 0.821. The first-order valence-corrected chi connectivity index (χ1v) is 6.94. The number of nitrogens with two attached hydrogens (primary N) is 1. The number of rotatable bonds is 6. The number of hydrogen-bond donors (Lipinski definition) is 1. The average Bonchev–Trinajstić information content (AvgIpc) is 2.67. The highest BCUT2D eigenvalue weighted by Gasteiger charge is 2.12. The fourth-order valence-electron chi connectivity index (χ4n) is 2.37. The Labute approximate surface area is 119 Å². The summed E-state index contributed by atoms with van der Waals surface area (Å²) in [5, 5.41) is 5.81. The number of thiocarbonyl (C=S) groups is 1. The van der Waals surface area contributed by atoms with Gasteiger partial charge in [-0.3, -0.25) is 9.58 Å². The van der Waals surface area contributed by atoms with Gasteiger partial charge in [0.15, 0.2) is 0 Å². The van der Waals surface area contributed by atoms with E-state index in [2.05, 4.69) is 29.1 Å². The molecule has 2 aromatic rings. The van der Waals surface area contributed by atoms with Crippen LogP contribution in [-0.2, 0) is 13.6 Å². The number of hydrogen-bond acceptors (Lipinski definition) is 3. The molecule has 0 spiro atoms. The summed E-state index contributed by atoms with van der Waals surface area (Å²) in [5.41, 5.74) is 7.90. The van der Waals surface area contributed by atoms with Gasteiger partial charge >= 0.3 is 0 Å². The highest BCUT2D eigenvalue weighted by atomic mass is 32.1. The summed E-state index contributed by atoms with van der Waals surface area (Å²) in [4.78, 5) is 2.78. The normalized spacial score (nSPS) is 11.3. The van der Waals surface area contributed by atoms with Gasteiger partial charge in [-0.15, -0.1) is 0 Å². The average molecular weight is 276 g/mol. The monoisotopic (exact) mass is 276 g/mol. The van der Waals surface area contributed by atoms with E-state index in [1.54, 1.807) is 0 Å². The number of benzene rings is 1. The van der Waals surface area contributed by atoms with Crippen molar-refractivity contribution in [1.29, 1.82) is 0 Å². The minimum absolute atomic E-state index is 0.536. The Morgan fingerprint density at radius 1 is 1.42 bits per heavy atom. The van der Waals surface area contributed by atoms with E-state index in [1.807, 2.05) is 23.9 Å². The Morgan fingerprint density at radius 3 is 2.84 bits per heavy atom. The molecule has 0 aliphatic carbocycles. The van der Waals surface area contributed by atoms with Crippen molar-refractivity contribution in [1.82, 2.24) is 14.7 Å². The van der Waals surface area contributed by atoms with Crippen LogP contribution in [0.2, 0.25) is 0 Å². The summed E-state index contributed by atoms with van der Waals surface area (Å²) in [6.45, 7) is 4.56. The van der Waals surface area contributed by atoms with Gasteiger partial charge in [0.25, 0.3) is 0 Å². The predicted octanol–water partition coefficient (Wildman–Crippen LogP) is 2.07. The van der Waals surface area contributed by atoms with Crippen LogP contribution in [0.5, 0.6) is 0 Å². The Morgan fingerprint density at radius 2 is 2.16 bits per heavy atom. The molecule has 0 saturated carbocycles. The second-order valence-electron chi connectivity index (χ2n) is 4.76. The van der Waals surface area contributed by atoms with Crippen molar-refractivity contribution in [2.45, 2.75) is 19.9 Å². The second kappa shape index (κ2) is 6.12. The van der Waals surface area contributed by atoms with E-state index >= 15 is 0 Å². The molecule has 102 valence electrons. The molecule has 1 heterocycles. The van der Waals surface area contributed by atoms with Crippen molar-refractivity contribution in [3.05, 3.63) is 30.0 Å². The molecule has 0 aliphatic heterocycles. The van der Waals surface area contributed by atoms with Gasteiger partial charge in [0.2, 0.25) is 0 Å². The molecule has 19 heavy (non-hydrogen) atoms. The molecular weight excluding hydrogens is 256 g/mol. The lowest BCUT2D eigenvalue weighted by Crippen LogP contribution is -2.33. The lowest BCUT2D eigenvalue weighted by Gasteiger charge is -2.19. The lowest BCUT2D eigenvalue weighted by molar-refractivity contribution is 0.301. The van der Waals surface area contributed by atoms with Gasteiger partial charge in [-0.05, 0) is 19.0 Å². The fourth-order valence-corrected chi connectivity index (χ4v) is 2.55. The molecule has 0 aliphatic rings. The number of fused-ring (bicyclic) bond motifs is 1. The zero-order valence-corrected chi connectivity index (χ0v) is 12.3. The number of aromatic nitrogens is 2. The van der Waals surface area contributed by atoms with Crippen LogP contribution in [0.4, 0.5) is 0 Å². The van der Waals surface area contributed by atoms with E-state index in [9.17, 15) is 0 Å². The summed E-state index contributed by atoms with van der Waals surface area (Å²) in [7, 11) is 1.98. The van der Waals surface area contributed by atoms with Crippen LogP contribution in [0.3, 0.4) is 0 Å². The highest BCUT2D eigenvalue weighted by Crippen LogP contribution is 2.18. The molecule has 0 amide bonds. The molecule has 0 bridgehead atoms. The maximum absolute atomic E-state index is 5.66. The van der Waals surface area contributed by atoms with Crippen LogP contribution in [0.1, 0.15) is 19.0 Å². The molecule has 1 aromatic heterocycles. The molecule has 2 N–H and O–H groups in total. The first-order valence-electron chi connectivity index (χ1n) is 6.53. The van der Waals surface area contributed by atoms with Gasteiger partial charge in [0.05, 0.1) is 16.2 Å². The van der Waals surface area contributed by atoms with Gasteiger partial charge < -0.3 is 5.73 Å². The summed E-state index contributed by atoms with van der Waals surface area (Å²) in [6, 6.07) is 8.28. The van der Waals surface area contributed by atoms with Crippen LogP contribution in [0.25, 0.3) is 10.9 Å². The second-order valence-corrected chi connectivity index (χ2v) is 5.29. The molecule has 0 unspecified atom stereocenters. The van der Waals surface area contributed by atoms with Crippen molar-refractivity contribution in [2.24, 2.45) is 12.8 Å². The van der Waals surface area contributed by atoms with E-state index in [4.69, 9.17) is 18.0 Å². The minimum atomic E-state index is 0.536. The van der Waals surface area contributed by atoms with E-state index < -0.39 is 0 Å². The Hall–Kier alpha value is -1.46. The first kappa shape index (κ1) is 14.0. The first-order chi connectivity index (χ1) is 9.11. The molecular formula is C14H20N4S. The van der Waals surface area contributed by atoms with Crippen molar-refractivity contribution < 1.29 is 0 Å². The topological polar surface area (TPSA) is 47.1 Å². The lowest BCUT2D eigenvalue weighted by atomic mass is 10.2. The van der Waals surface area contributed by atoms with Gasteiger partial charge in [0.1, 0.15) is 0 Å². The van der Waals surface area contributed by atoms with Crippen molar-refractivity contribution in [2.75, 3.05) is 13.1 Å². The molecule has 1 aromatic carbocycles. The number of para-hydroxylation sites is 1. The summed E-state index contributed by atoms with van der Waals surface area (Å²) in [5.74, 6) is 0. The van der Waals surface area contributed by atoms with Gasteiger partial charge in [-0.25, -0.2) is 0 Å².